The van der Waals surface area contributed by atoms with Crippen LogP contribution in [0.2, 0.25) is 0 Å². The minimum atomic E-state index is -0.716. The van der Waals surface area contributed by atoms with Gasteiger partial charge in [0.1, 0.15) is 11.4 Å². The number of aromatic amines is 3. The molecule has 4 N–H and O–H groups in total. The zero-order valence-electron chi connectivity index (χ0n) is 15.3. The highest BCUT2D eigenvalue weighted by atomic mass is 16.5. The van der Waals surface area contributed by atoms with E-state index in [1.165, 1.54) is 0 Å². The highest BCUT2D eigenvalue weighted by Crippen LogP contribution is 2.44. The molecule has 0 spiro atoms. The van der Waals surface area contributed by atoms with E-state index in [9.17, 15) is 14.4 Å². The lowest BCUT2D eigenvalue weighted by Gasteiger charge is -2.13. The zero-order chi connectivity index (χ0) is 20.1. The number of carbonyl (C=O) groups is 1. The molecule has 29 heavy (non-hydrogen) atoms. The van der Waals surface area contributed by atoms with Gasteiger partial charge in [0.25, 0.3) is 5.56 Å². The van der Waals surface area contributed by atoms with E-state index in [2.05, 4.69) is 20.3 Å². The van der Waals surface area contributed by atoms with Gasteiger partial charge in [0.15, 0.2) is 0 Å². The predicted octanol–water partition coefficient (Wildman–Crippen LogP) is 2.30. The van der Waals surface area contributed by atoms with Crippen molar-refractivity contribution in [1.29, 1.82) is 0 Å². The Labute approximate surface area is 163 Å². The van der Waals surface area contributed by atoms with Gasteiger partial charge in [0.05, 0.1) is 24.1 Å². The number of amides is 1. The molecule has 8 nitrogen and oxygen atoms in total. The first-order valence-corrected chi connectivity index (χ1v) is 9.00. The normalized spacial score (nSPS) is 15.3. The Balaban J connectivity index is 1.91. The molecule has 3 heterocycles. The summed E-state index contributed by atoms with van der Waals surface area (Å²) in [5.41, 5.74) is 2.24. The van der Waals surface area contributed by atoms with E-state index in [-0.39, 0.29) is 16.9 Å². The summed E-state index contributed by atoms with van der Waals surface area (Å²) in [6.07, 6.45) is 0. The van der Waals surface area contributed by atoms with Gasteiger partial charge in [-0.25, -0.2) is 4.79 Å². The Morgan fingerprint density at radius 2 is 1.66 bits per heavy atom. The summed E-state index contributed by atoms with van der Waals surface area (Å²) < 4.78 is 5.49. The molecule has 1 aliphatic heterocycles. The Morgan fingerprint density at radius 3 is 2.48 bits per heavy atom. The zero-order valence-corrected chi connectivity index (χ0v) is 15.3. The third-order valence-electron chi connectivity index (χ3n) is 5.19. The molecule has 1 aliphatic rings. The number of fused-ring (bicyclic) bond motifs is 2. The van der Waals surface area contributed by atoms with Gasteiger partial charge in [-0.15, -0.1) is 0 Å². The number of rotatable bonds is 3. The highest BCUT2D eigenvalue weighted by molar-refractivity contribution is 6.09. The fraction of sp³-hybridized carbons (Fsp3) is 0.0952. The number of H-pyrrole nitrogens is 3. The first kappa shape index (κ1) is 17.1. The number of nitrogens with one attached hydrogen (secondary N) is 4. The Kier molecular flexibility index (Phi) is 3.67. The van der Waals surface area contributed by atoms with Gasteiger partial charge in [-0.05, 0) is 23.8 Å². The van der Waals surface area contributed by atoms with Crippen LogP contribution in [-0.4, -0.2) is 28.0 Å². The van der Waals surface area contributed by atoms with Crippen LogP contribution >= 0.6 is 0 Å². The molecule has 0 radical (unpaired) electrons. The summed E-state index contributed by atoms with van der Waals surface area (Å²) in [4.78, 5) is 45.5. The monoisotopic (exact) mass is 388 g/mol. The summed E-state index contributed by atoms with van der Waals surface area (Å²) in [5, 5.41) is 3.11. The number of benzene rings is 2. The number of methoxy groups -OCH3 is 1. The quantitative estimate of drug-likeness (QED) is 0.430. The number of hydrogen-bond acceptors (Lipinski definition) is 4. The second kappa shape index (κ2) is 6.23. The van der Waals surface area contributed by atoms with Crippen LogP contribution in [0.4, 0.5) is 5.69 Å². The maximum absolute atomic E-state index is 12.9. The number of para-hydroxylation sites is 2. The molecule has 5 rings (SSSR count). The van der Waals surface area contributed by atoms with Crippen LogP contribution in [0.5, 0.6) is 5.75 Å². The van der Waals surface area contributed by atoms with E-state index >= 15 is 0 Å². The standard InChI is InChI=1S/C21H16N4O4/c1-29-13-9-5-3-7-11(13)17-15(16-18(23-17)24-21(28)25-20(16)27)14-10-6-2-4-8-12(10)22-19(14)26/h2-9,14H,1H3,(H,22,26)(H3,23,24,25,27,28)/t14-/m0/s1. The molecule has 1 amide bonds. The fourth-order valence-corrected chi connectivity index (χ4v) is 4.00. The van der Waals surface area contributed by atoms with Crippen molar-refractivity contribution in [2.75, 3.05) is 12.4 Å². The fourth-order valence-electron chi connectivity index (χ4n) is 4.00. The first-order chi connectivity index (χ1) is 14.1. The van der Waals surface area contributed by atoms with Crippen LogP contribution < -0.4 is 21.3 Å². The van der Waals surface area contributed by atoms with Gasteiger partial charge < -0.3 is 15.0 Å². The van der Waals surface area contributed by atoms with Gasteiger partial charge in [0, 0.05) is 16.8 Å². The summed E-state index contributed by atoms with van der Waals surface area (Å²) in [7, 11) is 1.55. The maximum atomic E-state index is 12.9. The van der Waals surface area contributed by atoms with Crippen LogP contribution in [0.1, 0.15) is 17.0 Å². The number of aromatic nitrogens is 3. The molecule has 0 bridgehead atoms. The second-order valence-electron chi connectivity index (χ2n) is 6.78. The molecular formula is C21H16N4O4. The van der Waals surface area contributed by atoms with E-state index in [1.54, 1.807) is 13.2 Å². The molecule has 8 heteroatoms. The van der Waals surface area contributed by atoms with E-state index in [1.807, 2.05) is 42.5 Å². The van der Waals surface area contributed by atoms with Gasteiger partial charge in [-0.3, -0.25) is 19.6 Å². The third kappa shape index (κ3) is 2.49. The molecule has 2 aromatic heterocycles. The van der Waals surface area contributed by atoms with Crippen molar-refractivity contribution >= 4 is 22.6 Å². The molecule has 0 unspecified atom stereocenters. The van der Waals surface area contributed by atoms with E-state index in [0.717, 1.165) is 5.56 Å². The third-order valence-corrected chi connectivity index (χ3v) is 5.19. The molecule has 0 fully saturated rings. The molecule has 1 atom stereocenters. The van der Waals surface area contributed by atoms with Crippen LogP contribution in [0.25, 0.3) is 22.3 Å². The summed E-state index contributed by atoms with van der Waals surface area (Å²) >= 11 is 0. The van der Waals surface area contributed by atoms with Crippen molar-refractivity contribution in [1.82, 2.24) is 15.0 Å². The van der Waals surface area contributed by atoms with Crippen LogP contribution in [-0.2, 0) is 4.79 Å². The van der Waals surface area contributed by atoms with Crippen molar-refractivity contribution in [3.8, 4) is 17.0 Å². The maximum Gasteiger partial charge on any atom is 0.327 e. The lowest BCUT2D eigenvalue weighted by molar-refractivity contribution is -0.116. The minimum absolute atomic E-state index is 0.238. The molecule has 0 saturated heterocycles. The van der Waals surface area contributed by atoms with Gasteiger partial charge >= 0.3 is 5.69 Å². The van der Waals surface area contributed by atoms with Crippen LogP contribution in [0.3, 0.4) is 0 Å². The van der Waals surface area contributed by atoms with Crippen molar-refractivity contribution in [2.45, 2.75) is 5.92 Å². The topological polar surface area (TPSA) is 120 Å². The largest absolute Gasteiger partial charge is 0.496 e. The molecule has 144 valence electrons. The van der Waals surface area contributed by atoms with Crippen molar-refractivity contribution in [3.63, 3.8) is 0 Å². The Morgan fingerprint density at radius 1 is 0.897 bits per heavy atom. The molecule has 0 aliphatic carbocycles. The number of ether oxygens (including phenoxy) is 1. The average Bonchev–Trinajstić information content (AvgIpc) is 3.24. The summed E-state index contributed by atoms with van der Waals surface area (Å²) in [6, 6.07) is 14.6. The Hall–Kier alpha value is -4.07. The van der Waals surface area contributed by atoms with Gasteiger partial charge in [-0.2, -0.15) is 0 Å². The van der Waals surface area contributed by atoms with Crippen LogP contribution in [0.15, 0.2) is 58.1 Å². The second-order valence-corrected chi connectivity index (χ2v) is 6.78. The molecule has 2 aromatic carbocycles. The minimum Gasteiger partial charge on any atom is -0.496 e. The predicted molar refractivity (Wildman–Crippen MR) is 108 cm³/mol. The van der Waals surface area contributed by atoms with E-state index < -0.39 is 17.2 Å². The smallest absolute Gasteiger partial charge is 0.327 e. The van der Waals surface area contributed by atoms with Gasteiger partial charge in [0.2, 0.25) is 5.91 Å². The van der Waals surface area contributed by atoms with Crippen LogP contribution in [0, 0.1) is 0 Å². The number of anilines is 1. The number of carbonyl (C=O) groups excluding carboxylic acids is 1. The van der Waals surface area contributed by atoms with Gasteiger partial charge in [-0.1, -0.05) is 30.3 Å². The average molecular weight is 388 g/mol. The van der Waals surface area contributed by atoms with Crippen molar-refractivity contribution in [2.24, 2.45) is 0 Å². The molecule has 4 aromatic rings. The summed E-state index contributed by atoms with van der Waals surface area (Å²) in [6.45, 7) is 0. The lowest BCUT2D eigenvalue weighted by Crippen LogP contribution is -2.23. The highest BCUT2D eigenvalue weighted by Gasteiger charge is 2.37. The Bertz CT molecular complexity index is 1400. The first-order valence-electron chi connectivity index (χ1n) is 9.00. The SMILES string of the molecule is COc1ccccc1-c1[nH]c2[nH]c(=O)[nH]c(=O)c2c1[C@H]1C(=O)Nc2ccccc21. The number of hydrogen-bond donors (Lipinski definition) is 4. The molecule has 0 saturated carbocycles. The van der Waals surface area contributed by atoms with Crippen molar-refractivity contribution < 1.29 is 9.53 Å². The molecular weight excluding hydrogens is 372 g/mol. The van der Waals surface area contributed by atoms with Crippen molar-refractivity contribution in [3.05, 3.63) is 80.5 Å². The van der Waals surface area contributed by atoms with E-state index in [4.69, 9.17) is 4.74 Å². The van der Waals surface area contributed by atoms with E-state index in [0.29, 0.717) is 28.3 Å². The summed E-state index contributed by atoms with van der Waals surface area (Å²) in [5.74, 6) is -0.383. The lowest BCUT2D eigenvalue weighted by atomic mass is 9.89.